The maximum absolute atomic E-state index is 14.1. The topological polar surface area (TPSA) is 104 Å². The zero-order chi connectivity index (χ0) is 58.8. The Morgan fingerprint density at radius 2 is 0.889 bits per heavy atom. The molecule has 10 aliphatic carbocycles. The molecule has 6 nitrogen and oxygen atoms in total. The Morgan fingerprint density at radius 1 is 0.494 bits per heavy atom. The van der Waals surface area contributed by atoms with Crippen LogP contribution in [0.2, 0.25) is 0 Å². The molecule has 2 aromatic carbocycles. The Kier molecular flexibility index (Phi) is 15.8. The highest BCUT2D eigenvalue weighted by Gasteiger charge is 2.71. The van der Waals surface area contributed by atoms with Gasteiger partial charge in [0.25, 0.3) is 0 Å². The summed E-state index contributed by atoms with van der Waals surface area (Å²) in [5.41, 5.74) is 5.89. The normalized spacial score (nSPS) is 44.6. The minimum Gasteiger partial charge on any atom is -0.481 e. The van der Waals surface area contributed by atoms with Gasteiger partial charge in [-0.2, -0.15) is 0 Å². The number of hydrogen-bond donors (Lipinski definition) is 3. The molecule has 3 unspecified atom stereocenters. The van der Waals surface area contributed by atoms with E-state index in [1.54, 1.807) is 5.57 Å². The Labute approximate surface area is 496 Å². The van der Waals surface area contributed by atoms with Gasteiger partial charge in [0.2, 0.25) is 0 Å². The van der Waals surface area contributed by atoms with Crippen molar-refractivity contribution in [2.75, 3.05) is 0 Å². The molecule has 2 aromatic rings. The Bertz CT molecular complexity index is 2720. The number of carbonyl (C=O) groups excluding carboxylic acids is 1. The van der Waals surface area contributed by atoms with Crippen molar-refractivity contribution in [1.82, 2.24) is 0 Å². The first-order chi connectivity index (χ1) is 37.8. The SMILES string of the molecule is CC1(C)CC[C@]2(C(=O)O)CC[C@]3(C)C(=CCC4[C@@]5(C)CC[C@H](O)C(C)(C)[C@@H]5CC[C@]43C)[C@@H]2C1.CC1(C)CC[C@]2(C(=O)OCc3ccccc3)CC[C@]3(C)C(=CCC4[C@@]5(C)CCC(O)C(C)(C)[C@@H]5CC[C@]43C)[C@@H]2C1.ClCc1ccccc1. The summed E-state index contributed by atoms with van der Waals surface area (Å²) in [5.74, 6) is 2.91. The van der Waals surface area contributed by atoms with Gasteiger partial charge in [0.1, 0.15) is 6.61 Å². The molecule has 8 fully saturated rings. The van der Waals surface area contributed by atoms with Crippen molar-refractivity contribution in [1.29, 1.82) is 0 Å². The number of aliphatic hydroxyl groups excluding tert-OH is 2. The maximum Gasteiger partial charge on any atom is 0.313 e. The fourth-order valence-corrected chi connectivity index (χ4v) is 22.8. The lowest BCUT2D eigenvalue weighted by atomic mass is 9.33. The molecule has 0 aliphatic heterocycles. The van der Waals surface area contributed by atoms with Crippen LogP contribution in [0.5, 0.6) is 0 Å². The molecule has 0 radical (unpaired) electrons. The highest BCUT2D eigenvalue weighted by atomic mass is 35.5. The van der Waals surface area contributed by atoms with Gasteiger partial charge in [-0.1, -0.05) is 181 Å². The van der Waals surface area contributed by atoms with Crippen LogP contribution in [0.15, 0.2) is 84.0 Å². The average Bonchev–Trinajstić information content (AvgIpc) is 2.69. The van der Waals surface area contributed by atoms with E-state index in [0.717, 1.165) is 108 Å². The van der Waals surface area contributed by atoms with Crippen LogP contribution in [0, 0.1) is 100 Å². The van der Waals surface area contributed by atoms with E-state index in [-0.39, 0.29) is 84.2 Å². The van der Waals surface area contributed by atoms with E-state index in [1.807, 2.05) is 48.5 Å². The molecule has 0 aromatic heterocycles. The van der Waals surface area contributed by atoms with Crippen molar-refractivity contribution in [2.24, 2.45) is 100 Å². The second-order valence-electron chi connectivity index (χ2n) is 33.5. The number of aliphatic hydroxyl groups is 2. The quantitative estimate of drug-likeness (QED) is 0.157. The molecule has 0 heterocycles. The third-order valence-electron chi connectivity index (χ3n) is 28.3. The second kappa shape index (κ2) is 20.9. The standard InChI is InChI=1S/C37H54O3.C30H48O3.C7H7Cl/c1-32(2)19-21-37(31(39)40-24-25-11-9-8-10-12-25)22-20-35(6)26(27(37)23-32)13-14-29-34(5)17-16-30(38)33(3,4)28(34)15-18-36(29,35)7;1-25(2)14-16-30(24(32)33)17-15-28(6)19(20(30)18-25)8-9-22-27(5)12-11-23(31)26(3,4)21(27)10-13-29(22,28)7;8-6-7-4-2-1-3-5-7/h8-13,27-30,38H,14-24H2,1-7H3;8,20-23,31H,9-18H2,1-7H3,(H,32,33);1-5H,6H2/t27-,28-,29?,30?,34-,35+,36+,37-;20-,21-,22?,23-,27-,28+,29+,30-;/m00./s1. The van der Waals surface area contributed by atoms with Crippen LogP contribution in [0.1, 0.15) is 236 Å². The van der Waals surface area contributed by atoms with E-state index in [9.17, 15) is 24.9 Å². The van der Waals surface area contributed by atoms with Gasteiger partial charge in [-0.05, 0) is 229 Å². The van der Waals surface area contributed by atoms with Crippen LogP contribution in [-0.4, -0.2) is 39.5 Å². The minimum atomic E-state index is -0.553. The van der Waals surface area contributed by atoms with Gasteiger partial charge < -0.3 is 20.1 Å². The van der Waals surface area contributed by atoms with Crippen LogP contribution in [0.4, 0.5) is 0 Å². The number of esters is 1. The van der Waals surface area contributed by atoms with Gasteiger partial charge in [-0.25, -0.2) is 0 Å². The number of alkyl halides is 1. The molecular formula is C74H109ClO6. The van der Waals surface area contributed by atoms with E-state index in [2.05, 4.69) is 121 Å². The minimum absolute atomic E-state index is 0.0301. The summed E-state index contributed by atoms with van der Waals surface area (Å²) in [6.45, 7) is 34.6. The number of carboxylic acid groups (broad SMARTS) is 1. The summed E-state index contributed by atoms with van der Waals surface area (Å²) < 4.78 is 6.17. The lowest BCUT2D eigenvalue weighted by Gasteiger charge is -2.71. The van der Waals surface area contributed by atoms with Crippen LogP contribution >= 0.6 is 11.6 Å². The number of hydrogen-bond acceptors (Lipinski definition) is 5. The third-order valence-corrected chi connectivity index (χ3v) is 28.6. The molecule has 12 rings (SSSR count). The first-order valence-electron chi connectivity index (χ1n) is 32.6. The van der Waals surface area contributed by atoms with E-state index >= 15 is 0 Å². The second-order valence-corrected chi connectivity index (χ2v) is 33.7. The van der Waals surface area contributed by atoms with Gasteiger partial charge >= 0.3 is 11.9 Å². The first-order valence-corrected chi connectivity index (χ1v) is 33.1. The zero-order valence-electron chi connectivity index (χ0n) is 53.0. The summed E-state index contributed by atoms with van der Waals surface area (Å²) in [4.78, 5) is 26.9. The van der Waals surface area contributed by atoms with Crippen LogP contribution in [0.3, 0.4) is 0 Å². The van der Waals surface area contributed by atoms with Crippen molar-refractivity contribution in [3.8, 4) is 0 Å². The van der Waals surface area contributed by atoms with E-state index < -0.39 is 16.8 Å². The summed E-state index contributed by atoms with van der Waals surface area (Å²) in [6, 6.07) is 20.1. The number of ether oxygens (including phenoxy) is 1. The van der Waals surface area contributed by atoms with Gasteiger partial charge in [0.05, 0.1) is 23.0 Å². The summed E-state index contributed by atoms with van der Waals surface area (Å²) in [5, 5.41) is 32.4. The Morgan fingerprint density at radius 3 is 1.31 bits per heavy atom. The van der Waals surface area contributed by atoms with E-state index in [4.69, 9.17) is 16.3 Å². The molecule has 448 valence electrons. The lowest BCUT2D eigenvalue weighted by Crippen LogP contribution is -2.65. The van der Waals surface area contributed by atoms with E-state index in [1.165, 1.54) is 36.8 Å². The molecule has 0 bridgehead atoms. The lowest BCUT2D eigenvalue weighted by molar-refractivity contribution is -0.206. The van der Waals surface area contributed by atoms with Crippen molar-refractivity contribution < 1.29 is 29.6 Å². The van der Waals surface area contributed by atoms with E-state index in [0.29, 0.717) is 36.2 Å². The Hall–Kier alpha value is -2.93. The van der Waals surface area contributed by atoms with Crippen molar-refractivity contribution in [3.05, 3.63) is 95.1 Å². The largest absolute Gasteiger partial charge is 0.481 e. The predicted molar refractivity (Wildman–Crippen MR) is 330 cm³/mol. The van der Waals surface area contributed by atoms with Gasteiger partial charge in [0, 0.05) is 5.88 Å². The number of carboxylic acids is 1. The van der Waals surface area contributed by atoms with Crippen molar-refractivity contribution >= 4 is 23.5 Å². The number of carbonyl (C=O) groups is 2. The third kappa shape index (κ3) is 9.48. The van der Waals surface area contributed by atoms with Crippen molar-refractivity contribution in [2.45, 2.75) is 250 Å². The number of fused-ring (bicyclic) bond motifs is 14. The monoisotopic (exact) mass is 1130 g/mol. The maximum atomic E-state index is 14.1. The predicted octanol–water partition coefficient (Wildman–Crippen LogP) is 18.6. The highest BCUT2D eigenvalue weighted by Crippen LogP contribution is 2.78. The van der Waals surface area contributed by atoms with Gasteiger partial charge in [-0.15, -0.1) is 11.6 Å². The molecule has 8 saturated carbocycles. The average molecular weight is 1130 g/mol. The summed E-state index contributed by atoms with van der Waals surface area (Å²) in [7, 11) is 0. The molecule has 10 aliphatic rings. The number of rotatable bonds is 5. The molecule has 0 spiro atoms. The molecule has 81 heavy (non-hydrogen) atoms. The smallest absolute Gasteiger partial charge is 0.313 e. The number of allylic oxidation sites excluding steroid dienone is 4. The van der Waals surface area contributed by atoms with Crippen LogP contribution in [-0.2, 0) is 26.8 Å². The fourth-order valence-electron chi connectivity index (χ4n) is 22.6. The fraction of sp³-hybridized carbons (Fsp3) is 0.757. The zero-order valence-corrected chi connectivity index (χ0v) is 53.8. The molecule has 3 N–H and O–H groups in total. The number of aliphatic carboxylic acids is 1. The number of benzene rings is 2. The number of halogens is 1. The summed E-state index contributed by atoms with van der Waals surface area (Å²) >= 11 is 5.53. The van der Waals surface area contributed by atoms with Gasteiger partial charge in [-0.3, -0.25) is 9.59 Å². The molecule has 7 heteroatoms. The molecule has 0 saturated heterocycles. The highest BCUT2D eigenvalue weighted by molar-refractivity contribution is 6.17. The molecule has 0 amide bonds. The van der Waals surface area contributed by atoms with Gasteiger partial charge in [0.15, 0.2) is 0 Å². The molecule has 16 atom stereocenters. The first kappa shape index (κ1) is 61.2. The van der Waals surface area contributed by atoms with Crippen LogP contribution < -0.4 is 0 Å². The molecular weight excluding hydrogens is 1020 g/mol. The van der Waals surface area contributed by atoms with Crippen molar-refractivity contribution in [3.63, 3.8) is 0 Å². The Balaban J connectivity index is 0.000000162. The summed E-state index contributed by atoms with van der Waals surface area (Å²) in [6.07, 6.45) is 25.8. The van der Waals surface area contributed by atoms with Crippen LogP contribution in [0.25, 0.3) is 0 Å².